The summed E-state index contributed by atoms with van der Waals surface area (Å²) < 4.78 is 0. The smallest absolute Gasteiger partial charge is 0.312 e. The lowest BCUT2D eigenvalue weighted by Gasteiger charge is -2.37. The molecule has 1 spiro atoms. The molecule has 0 radical (unpaired) electrons. The molecule has 8 heteroatoms. The molecule has 0 unspecified atom stereocenters. The van der Waals surface area contributed by atoms with Crippen LogP contribution in [0.5, 0.6) is 0 Å². The van der Waals surface area contributed by atoms with Crippen molar-refractivity contribution in [1.29, 1.82) is 5.41 Å². The fourth-order valence-corrected chi connectivity index (χ4v) is 3.78. The van der Waals surface area contributed by atoms with Crippen LogP contribution < -0.4 is 10.6 Å². The van der Waals surface area contributed by atoms with E-state index in [0.717, 1.165) is 12.1 Å². The molecule has 0 bridgehead atoms. The highest BCUT2D eigenvalue weighted by Crippen LogP contribution is 2.43. The van der Waals surface area contributed by atoms with Crippen molar-refractivity contribution < 1.29 is 19.5 Å². The number of hydrogen-bond acceptors (Lipinski definition) is 4. The molecule has 2 saturated heterocycles. The largest absolute Gasteiger partial charge is 0.481 e. The van der Waals surface area contributed by atoms with Crippen molar-refractivity contribution in [2.45, 2.75) is 25.7 Å². The van der Waals surface area contributed by atoms with E-state index in [-0.39, 0.29) is 11.7 Å². The zero-order chi connectivity index (χ0) is 18.9. The Morgan fingerprint density at radius 1 is 1.12 bits per heavy atom. The van der Waals surface area contributed by atoms with Crippen molar-refractivity contribution in [3.05, 3.63) is 29.8 Å². The molecule has 26 heavy (non-hydrogen) atoms. The second-order valence-corrected chi connectivity index (χ2v) is 6.90. The van der Waals surface area contributed by atoms with Gasteiger partial charge in [0.2, 0.25) is 11.8 Å². The Hall–Kier alpha value is -2.90. The summed E-state index contributed by atoms with van der Waals surface area (Å²) in [6, 6.07) is 7.03. The van der Waals surface area contributed by atoms with Gasteiger partial charge in [-0.2, -0.15) is 0 Å². The molecule has 138 valence electrons. The highest BCUT2D eigenvalue weighted by Gasteiger charge is 2.49. The van der Waals surface area contributed by atoms with Crippen molar-refractivity contribution >= 4 is 29.3 Å². The van der Waals surface area contributed by atoms with Crippen LogP contribution in [-0.4, -0.2) is 53.3 Å². The van der Waals surface area contributed by atoms with E-state index in [4.69, 9.17) is 16.2 Å². The second kappa shape index (κ2) is 6.78. The lowest BCUT2D eigenvalue weighted by Crippen LogP contribution is -2.47. The number of aliphatic carboxylic acids is 1. The maximum atomic E-state index is 13.0. The topological polar surface area (TPSA) is 128 Å². The molecular weight excluding hydrogens is 336 g/mol. The number of hydrogen-bond donors (Lipinski definition) is 3. The number of piperidine rings is 1. The number of nitrogens with two attached hydrogens (primary N) is 1. The van der Waals surface area contributed by atoms with Crippen LogP contribution in [0.2, 0.25) is 0 Å². The van der Waals surface area contributed by atoms with Gasteiger partial charge in [0.1, 0.15) is 12.3 Å². The quantitative estimate of drug-likeness (QED) is 0.416. The number of nitrogens with zero attached hydrogens (tertiary/aromatic N) is 2. The summed E-state index contributed by atoms with van der Waals surface area (Å²) in [6.45, 7) is 1.44. The number of carboxylic acid groups (broad SMARTS) is 1. The number of anilines is 1. The van der Waals surface area contributed by atoms with E-state index in [9.17, 15) is 14.4 Å². The van der Waals surface area contributed by atoms with E-state index in [0.29, 0.717) is 38.0 Å². The lowest BCUT2D eigenvalue weighted by atomic mass is 9.77. The normalized spacial score (nSPS) is 19.0. The summed E-state index contributed by atoms with van der Waals surface area (Å²) in [5.74, 6) is -1.49. The minimum absolute atomic E-state index is 0.0147. The molecule has 1 aromatic carbocycles. The van der Waals surface area contributed by atoms with E-state index >= 15 is 0 Å². The Morgan fingerprint density at radius 2 is 1.69 bits per heavy atom. The summed E-state index contributed by atoms with van der Waals surface area (Å²) in [6.07, 6.45) is 1.33. The molecule has 2 amide bonds. The maximum absolute atomic E-state index is 13.0. The molecule has 4 N–H and O–H groups in total. The zero-order valence-electron chi connectivity index (χ0n) is 14.4. The van der Waals surface area contributed by atoms with Crippen molar-refractivity contribution in [3.63, 3.8) is 0 Å². The summed E-state index contributed by atoms with van der Waals surface area (Å²) in [4.78, 5) is 38.9. The number of carboxylic acids is 1. The predicted octanol–water partition coefficient (Wildman–Crippen LogP) is 0.791. The monoisotopic (exact) mass is 358 g/mol. The zero-order valence-corrected chi connectivity index (χ0v) is 14.4. The van der Waals surface area contributed by atoms with E-state index in [1.165, 1.54) is 4.90 Å². The third-order valence-corrected chi connectivity index (χ3v) is 5.38. The van der Waals surface area contributed by atoms with Gasteiger partial charge < -0.3 is 20.6 Å². The van der Waals surface area contributed by atoms with Crippen LogP contribution in [0.25, 0.3) is 0 Å². The molecule has 1 aromatic rings. The number of carbonyl (C=O) groups excluding carboxylic acids is 2. The number of nitrogens with one attached hydrogen (secondary N) is 1. The molecule has 0 aromatic heterocycles. The number of amidine groups is 1. The first-order valence-corrected chi connectivity index (χ1v) is 8.58. The Balaban J connectivity index is 1.67. The first kappa shape index (κ1) is 17.9. The van der Waals surface area contributed by atoms with Crippen LogP contribution in [0.1, 0.15) is 31.2 Å². The fraction of sp³-hybridized carbons (Fsp3) is 0.444. The van der Waals surface area contributed by atoms with Gasteiger partial charge in [0.15, 0.2) is 0 Å². The van der Waals surface area contributed by atoms with E-state index in [1.54, 1.807) is 29.2 Å². The minimum atomic E-state index is -1.13. The van der Waals surface area contributed by atoms with Gasteiger partial charge in [0.05, 0.1) is 5.41 Å². The predicted molar refractivity (Wildman–Crippen MR) is 94.9 cm³/mol. The lowest BCUT2D eigenvalue weighted by molar-refractivity contribution is -0.146. The Bertz CT molecular complexity index is 751. The number of amides is 2. The first-order chi connectivity index (χ1) is 12.3. The number of likely N-dealkylation sites (tertiary alicyclic amines) is 1. The summed E-state index contributed by atoms with van der Waals surface area (Å²) in [7, 11) is 0. The third-order valence-electron chi connectivity index (χ3n) is 5.38. The molecule has 8 nitrogen and oxygen atoms in total. The van der Waals surface area contributed by atoms with Crippen LogP contribution >= 0.6 is 0 Å². The van der Waals surface area contributed by atoms with E-state index in [1.807, 2.05) is 0 Å². The number of nitrogen functional groups attached to an aromatic ring is 1. The molecule has 0 atom stereocenters. The molecule has 2 aliphatic rings. The third kappa shape index (κ3) is 3.26. The average Bonchev–Trinajstić information content (AvgIpc) is 2.91. The maximum Gasteiger partial charge on any atom is 0.312 e. The van der Waals surface area contributed by atoms with Crippen LogP contribution in [0.4, 0.5) is 5.69 Å². The Morgan fingerprint density at radius 3 is 2.23 bits per heavy atom. The SMILES string of the molecule is N=C(N)c1ccc(N2CCC3(CCN(C(=O)CC(=O)O)CC3)C2=O)cc1. The Labute approximate surface area is 151 Å². The molecule has 0 aliphatic carbocycles. The van der Waals surface area contributed by atoms with Gasteiger partial charge in [0.25, 0.3) is 0 Å². The van der Waals surface area contributed by atoms with Crippen molar-refractivity contribution in [2.24, 2.45) is 11.1 Å². The fourth-order valence-electron chi connectivity index (χ4n) is 3.78. The summed E-state index contributed by atoms with van der Waals surface area (Å²) >= 11 is 0. The van der Waals surface area contributed by atoms with Crippen LogP contribution in [0.15, 0.2) is 24.3 Å². The van der Waals surface area contributed by atoms with Gasteiger partial charge in [-0.05, 0) is 43.5 Å². The molecule has 2 aliphatic heterocycles. The van der Waals surface area contributed by atoms with E-state index in [2.05, 4.69) is 0 Å². The van der Waals surface area contributed by atoms with Crippen LogP contribution in [0.3, 0.4) is 0 Å². The standard InChI is InChI=1S/C18H22N4O4/c19-16(20)12-1-3-13(4-2-12)22-10-7-18(17(22)26)5-8-21(9-6-18)14(23)11-15(24)25/h1-4H,5-11H2,(H3,19,20)(H,24,25). The molecule has 0 saturated carbocycles. The molecule has 3 rings (SSSR count). The molecular formula is C18H22N4O4. The molecule has 2 fully saturated rings. The van der Waals surface area contributed by atoms with Crippen LogP contribution in [0, 0.1) is 10.8 Å². The van der Waals surface area contributed by atoms with Crippen molar-refractivity contribution in [3.8, 4) is 0 Å². The van der Waals surface area contributed by atoms with Gasteiger partial charge >= 0.3 is 5.97 Å². The van der Waals surface area contributed by atoms with Gasteiger partial charge in [-0.25, -0.2) is 0 Å². The molecule has 2 heterocycles. The summed E-state index contributed by atoms with van der Waals surface area (Å²) in [5, 5.41) is 16.2. The van der Waals surface area contributed by atoms with Gasteiger partial charge in [0, 0.05) is 30.9 Å². The Kier molecular flexibility index (Phi) is 4.67. The highest BCUT2D eigenvalue weighted by molar-refractivity contribution is 6.01. The number of benzene rings is 1. The van der Waals surface area contributed by atoms with E-state index < -0.39 is 23.7 Å². The first-order valence-electron chi connectivity index (χ1n) is 8.58. The highest BCUT2D eigenvalue weighted by atomic mass is 16.4. The number of rotatable bonds is 4. The number of carbonyl (C=O) groups is 3. The van der Waals surface area contributed by atoms with Crippen molar-refractivity contribution in [2.75, 3.05) is 24.5 Å². The van der Waals surface area contributed by atoms with Crippen LogP contribution in [-0.2, 0) is 14.4 Å². The van der Waals surface area contributed by atoms with Crippen molar-refractivity contribution in [1.82, 2.24) is 4.90 Å². The minimum Gasteiger partial charge on any atom is -0.481 e. The van der Waals surface area contributed by atoms with Gasteiger partial charge in [-0.3, -0.25) is 19.8 Å². The van der Waals surface area contributed by atoms with Gasteiger partial charge in [-0.15, -0.1) is 0 Å². The summed E-state index contributed by atoms with van der Waals surface area (Å²) in [5.41, 5.74) is 6.38. The average molecular weight is 358 g/mol. The van der Waals surface area contributed by atoms with Gasteiger partial charge in [-0.1, -0.05) is 0 Å². The second-order valence-electron chi connectivity index (χ2n) is 6.90.